The summed E-state index contributed by atoms with van der Waals surface area (Å²) in [6.07, 6.45) is 0. The summed E-state index contributed by atoms with van der Waals surface area (Å²) in [7, 11) is 0. The van der Waals surface area contributed by atoms with Gasteiger partial charge in [-0.05, 0) is 6.07 Å². The molecule has 0 spiro atoms. The molecule has 0 aliphatic rings. The van der Waals surface area contributed by atoms with Crippen molar-refractivity contribution in [3.63, 3.8) is 0 Å². The summed E-state index contributed by atoms with van der Waals surface area (Å²) >= 11 is 1.27. The molecule has 1 amide bonds. The number of nitrogens with zero attached hydrogens (tertiary/aromatic N) is 2. The fourth-order valence-electron chi connectivity index (χ4n) is 3.07. The molecular weight excluding hydrogens is 412 g/mol. The largest absolute Gasteiger partial charge is 0.332 e. The highest BCUT2D eigenvalue weighted by molar-refractivity contribution is 7.99. The van der Waals surface area contributed by atoms with Crippen LogP contribution in [-0.4, -0.2) is 26.6 Å². The molecule has 7 nitrogen and oxygen atoms in total. The summed E-state index contributed by atoms with van der Waals surface area (Å²) in [5, 5.41) is 14.2. The SMILES string of the molecule is O=C(CSc1nc(-c2ccccc2)c(-c2ccccc2)[nH]1)Nc1cccc([N+](=O)[O-])c1. The van der Waals surface area contributed by atoms with Crippen LogP contribution in [0.15, 0.2) is 90.1 Å². The van der Waals surface area contributed by atoms with Gasteiger partial charge >= 0.3 is 0 Å². The van der Waals surface area contributed by atoms with Crippen LogP contribution < -0.4 is 5.32 Å². The molecule has 0 radical (unpaired) electrons. The Balaban J connectivity index is 1.51. The van der Waals surface area contributed by atoms with Crippen LogP contribution in [0.4, 0.5) is 11.4 Å². The number of aromatic nitrogens is 2. The first-order valence-electron chi connectivity index (χ1n) is 9.48. The summed E-state index contributed by atoms with van der Waals surface area (Å²) in [6, 6.07) is 25.6. The van der Waals surface area contributed by atoms with Gasteiger partial charge in [0.2, 0.25) is 5.91 Å². The molecule has 0 unspecified atom stereocenters. The Bertz CT molecular complexity index is 1150. The number of anilines is 1. The molecule has 3 aromatic carbocycles. The van der Waals surface area contributed by atoms with Gasteiger partial charge in [-0.1, -0.05) is 78.5 Å². The van der Waals surface area contributed by atoms with Gasteiger partial charge in [0, 0.05) is 28.9 Å². The smallest absolute Gasteiger partial charge is 0.271 e. The Morgan fingerprint density at radius 2 is 1.65 bits per heavy atom. The molecule has 154 valence electrons. The number of H-pyrrole nitrogens is 1. The minimum absolute atomic E-state index is 0.0727. The van der Waals surface area contributed by atoms with Crippen LogP contribution in [0.3, 0.4) is 0 Å². The average molecular weight is 430 g/mol. The number of nitrogens with one attached hydrogen (secondary N) is 2. The van der Waals surface area contributed by atoms with E-state index < -0.39 is 4.92 Å². The van der Waals surface area contributed by atoms with Gasteiger partial charge < -0.3 is 10.3 Å². The molecule has 31 heavy (non-hydrogen) atoms. The number of nitro groups is 1. The van der Waals surface area contributed by atoms with Crippen molar-refractivity contribution >= 4 is 29.0 Å². The van der Waals surface area contributed by atoms with Crippen molar-refractivity contribution in [1.82, 2.24) is 9.97 Å². The zero-order chi connectivity index (χ0) is 21.6. The molecule has 0 atom stereocenters. The Morgan fingerprint density at radius 3 is 2.32 bits per heavy atom. The number of hydrogen-bond donors (Lipinski definition) is 2. The van der Waals surface area contributed by atoms with Gasteiger partial charge in [-0.3, -0.25) is 14.9 Å². The highest BCUT2D eigenvalue weighted by atomic mass is 32.2. The molecule has 0 saturated heterocycles. The highest BCUT2D eigenvalue weighted by Crippen LogP contribution is 2.32. The molecule has 4 aromatic rings. The molecular formula is C23H18N4O3S. The van der Waals surface area contributed by atoms with Crippen LogP contribution >= 0.6 is 11.8 Å². The molecule has 0 saturated carbocycles. The molecule has 0 aliphatic heterocycles. The zero-order valence-corrected chi connectivity index (χ0v) is 17.1. The number of rotatable bonds is 7. The van der Waals surface area contributed by atoms with E-state index in [1.165, 1.54) is 30.0 Å². The zero-order valence-electron chi connectivity index (χ0n) is 16.3. The van der Waals surface area contributed by atoms with Crippen LogP contribution in [0.25, 0.3) is 22.5 Å². The van der Waals surface area contributed by atoms with Crippen molar-refractivity contribution in [2.45, 2.75) is 5.16 Å². The summed E-state index contributed by atoms with van der Waals surface area (Å²) in [5.74, 6) is -0.164. The first-order chi connectivity index (χ1) is 15.1. The summed E-state index contributed by atoms with van der Waals surface area (Å²) < 4.78 is 0. The number of benzene rings is 3. The standard InChI is InChI=1S/C23H18N4O3S/c28-20(24-18-12-7-13-19(14-18)27(29)30)15-31-23-25-21(16-8-3-1-4-9-16)22(26-23)17-10-5-2-6-11-17/h1-14H,15H2,(H,24,28)(H,25,26). The lowest BCUT2D eigenvalue weighted by Crippen LogP contribution is -2.14. The van der Waals surface area contributed by atoms with Gasteiger partial charge in [0.05, 0.1) is 22.1 Å². The summed E-state index contributed by atoms with van der Waals surface area (Å²) in [5.41, 5.74) is 3.99. The van der Waals surface area contributed by atoms with Crippen LogP contribution in [0.1, 0.15) is 0 Å². The van der Waals surface area contributed by atoms with Crippen LogP contribution in [-0.2, 0) is 4.79 Å². The maximum absolute atomic E-state index is 12.4. The quantitative estimate of drug-likeness (QED) is 0.233. The van der Waals surface area contributed by atoms with E-state index in [4.69, 9.17) is 4.98 Å². The number of non-ortho nitro benzene ring substituents is 1. The van der Waals surface area contributed by atoms with Crippen molar-refractivity contribution in [3.05, 3.63) is 95.0 Å². The number of imidazole rings is 1. The molecule has 0 fully saturated rings. The van der Waals surface area contributed by atoms with Crippen LogP contribution in [0.2, 0.25) is 0 Å². The third-order valence-electron chi connectivity index (χ3n) is 4.47. The maximum atomic E-state index is 12.4. The second-order valence-electron chi connectivity index (χ2n) is 6.64. The van der Waals surface area contributed by atoms with Gasteiger partial charge in [-0.15, -0.1) is 0 Å². The van der Waals surface area contributed by atoms with E-state index in [1.807, 2.05) is 60.7 Å². The minimum Gasteiger partial charge on any atom is -0.332 e. The lowest BCUT2D eigenvalue weighted by molar-refractivity contribution is -0.384. The van der Waals surface area contributed by atoms with Crippen molar-refractivity contribution in [3.8, 4) is 22.5 Å². The maximum Gasteiger partial charge on any atom is 0.271 e. The van der Waals surface area contributed by atoms with E-state index in [9.17, 15) is 14.9 Å². The van der Waals surface area contributed by atoms with E-state index in [0.717, 1.165) is 22.5 Å². The van der Waals surface area contributed by atoms with Crippen molar-refractivity contribution in [2.75, 3.05) is 11.1 Å². The average Bonchev–Trinajstić information content (AvgIpc) is 3.23. The molecule has 0 bridgehead atoms. The lowest BCUT2D eigenvalue weighted by atomic mass is 10.1. The number of hydrogen-bond acceptors (Lipinski definition) is 5. The van der Waals surface area contributed by atoms with E-state index in [0.29, 0.717) is 10.8 Å². The molecule has 1 heterocycles. The second-order valence-corrected chi connectivity index (χ2v) is 7.61. The molecule has 0 aliphatic carbocycles. The van der Waals surface area contributed by atoms with Crippen molar-refractivity contribution < 1.29 is 9.72 Å². The topological polar surface area (TPSA) is 101 Å². The summed E-state index contributed by atoms with van der Waals surface area (Å²) in [6.45, 7) is 0. The fourth-order valence-corrected chi connectivity index (χ4v) is 3.74. The van der Waals surface area contributed by atoms with Crippen molar-refractivity contribution in [2.24, 2.45) is 0 Å². The van der Waals surface area contributed by atoms with E-state index >= 15 is 0 Å². The van der Waals surface area contributed by atoms with Gasteiger partial charge in [0.15, 0.2) is 5.16 Å². The predicted molar refractivity (Wildman–Crippen MR) is 122 cm³/mol. The molecule has 8 heteroatoms. The Hall–Kier alpha value is -3.91. The highest BCUT2D eigenvalue weighted by Gasteiger charge is 2.15. The van der Waals surface area contributed by atoms with Gasteiger partial charge in [-0.25, -0.2) is 4.98 Å². The Morgan fingerprint density at radius 1 is 0.968 bits per heavy atom. The van der Waals surface area contributed by atoms with Crippen LogP contribution in [0.5, 0.6) is 0 Å². The lowest BCUT2D eigenvalue weighted by Gasteiger charge is -2.04. The number of carbonyl (C=O) groups excluding carboxylic acids is 1. The fraction of sp³-hybridized carbons (Fsp3) is 0.0435. The minimum atomic E-state index is -0.497. The van der Waals surface area contributed by atoms with E-state index in [2.05, 4.69) is 10.3 Å². The van der Waals surface area contributed by atoms with Gasteiger partial charge in [0.1, 0.15) is 0 Å². The van der Waals surface area contributed by atoms with Crippen molar-refractivity contribution in [1.29, 1.82) is 0 Å². The monoisotopic (exact) mass is 430 g/mol. The van der Waals surface area contributed by atoms with Crippen LogP contribution in [0, 0.1) is 10.1 Å². The van der Waals surface area contributed by atoms with E-state index in [1.54, 1.807) is 6.07 Å². The third kappa shape index (κ3) is 4.99. The third-order valence-corrected chi connectivity index (χ3v) is 5.35. The summed E-state index contributed by atoms with van der Waals surface area (Å²) in [4.78, 5) is 30.8. The number of amides is 1. The normalized spacial score (nSPS) is 10.6. The number of thioether (sulfide) groups is 1. The second kappa shape index (κ2) is 9.27. The number of aromatic amines is 1. The molecule has 4 rings (SSSR count). The molecule has 1 aromatic heterocycles. The Kier molecular flexibility index (Phi) is 6.09. The van der Waals surface area contributed by atoms with Gasteiger partial charge in [0.25, 0.3) is 5.69 Å². The predicted octanol–water partition coefficient (Wildman–Crippen LogP) is 5.38. The first kappa shape index (κ1) is 20.4. The molecule has 2 N–H and O–H groups in total. The van der Waals surface area contributed by atoms with E-state index in [-0.39, 0.29) is 17.3 Å². The Labute approximate surface area is 182 Å². The van der Waals surface area contributed by atoms with Gasteiger partial charge in [-0.2, -0.15) is 0 Å². The number of nitro benzene ring substituents is 1. The number of carbonyl (C=O) groups is 1. The first-order valence-corrected chi connectivity index (χ1v) is 10.5.